The number of fused-ring (bicyclic) bond motifs is 1. The van der Waals surface area contributed by atoms with Crippen LogP contribution in [-0.2, 0) is 0 Å². The highest BCUT2D eigenvalue weighted by Gasteiger charge is 2.16. The Morgan fingerprint density at radius 3 is 2.78 bits per heavy atom. The van der Waals surface area contributed by atoms with Crippen molar-refractivity contribution in [3.8, 4) is 0 Å². The third kappa shape index (κ3) is 2.62. The first-order chi connectivity index (χ1) is 8.83. The quantitative estimate of drug-likeness (QED) is 0.467. The van der Waals surface area contributed by atoms with Gasteiger partial charge in [-0.3, -0.25) is 0 Å². The summed E-state index contributed by atoms with van der Waals surface area (Å²) in [5, 5.41) is 2.49. The van der Waals surface area contributed by atoms with Gasteiger partial charge in [-0.05, 0) is 36.4 Å². The molecular weight excluding hydrogens is 264 g/mol. The highest BCUT2D eigenvalue weighted by atomic mass is 35.5. The van der Waals surface area contributed by atoms with Crippen molar-refractivity contribution in [3.63, 3.8) is 0 Å². The first-order valence-corrected chi connectivity index (χ1v) is 7.74. The Morgan fingerprint density at radius 2 is 1.94 bits per heavy atom. The zero-order valence-corrected chi connectivity index (χ0v) is 11.7. The highest BCUT2D eigenvalue weighted by molar-refractivity contribution is 7.99. The lowest BCUT2D eigenvalue weighted by molar-refractivity contribution is 0.623. The van der Waals surface area contributed by atoms with Gasteiger partial charge in [0.25, 0.3) is 0 Å². The number of hydrogen-bond acceptors (Lipinski definition) is 3. The van der Waals surface area contributed by atoms with Crippen molar-refractivity contribution in [3.05, 3.63) is 29.5 Å². The number of aromatic nitrogens is 2. The molecule has 4 heteroatoms. The molecule has 18 heavy (non-hydrogen) atoms. The van der Waals surface area contributed by atoms with Crippen LogP contribution < -0.4 is 0 Å². The van der Waals surface area contributed by atoms with Crippen molar-refractivity contribution < 1.29 is 0 Å². The van der Waals surface area contributed by atoms with Crippen LogP contribution in [0, 0.1) is 5.92 Å². The molecule has 1 aliphatic carbocycles. The second-order valence-corrected chi connectivity index (χ2v) is 6.12. The molecule has 1 fully saturated rings. The van der Waals surface area contributed by atoms with E-state index in [-0.39, 0.29) is 0 Å². The average molecular weight is 279 g/mol. The average Bonchev–Trinajstić information content (AvgIpc) is 2.89. The van der Waals surface area contributed by atoms with Crippen molar-refractivity contribution in [1.82, 2.24) is 9.97 Å². The fraction of sp³-hybridized carbons (Fsp3) is 0.429. The normalized spacial score (nSPS) is 16.5. The standard InChI is InChI=1S/C14H15ClN2S/c15-14-16-12-8-4-3-7-11(12)13(17-14)18-9-10-5-1-2-6-10/h3-4,7-8,10H,1-2,5-6,9H2. The van der Waals surface area contributed by atoms with Crippen LogP contribution in [0.2, 0.25) is 5.28 Å². The fourth-order valence-electron chi connectivity index (χ4n) is 2.50. The van der Waals surface area contributed by atoms with Crippen LogP contribution in [0.4, 0.5) is 0 Å². The number of para-hydroxylation sites is 1. The zero-order chi connectivity index (χ0) is 12.4. The maximum atomic E-state index is 5.98. The summed E-state index contributed by atoms with van der Waals surface area (Å²) in [6, 6.07) is 8.07. The molecule has 0 unspecified atom stereocenters. The minimum Gasteiger partial charge on any atom is -0.218 e. The Balaban J connectivity index is 1.85. The molecule has 0 radical (unpaired) electrons. The molecule has 0 atom stereocenters. The maximum absolute atomic E-state index is 5.98. The number of hydrogen-bond donors (Lipinski definition) is 0. The van der Waals surface area contributed by atoms with Gasteiger partial charge < -0.3 is 0 Å². The number of rotatable bonds is 3. The van der Waals surface area contributed by atoms with E-state index in [2.05, 4.69) is 16.0 Å². The first-order valence-electron chi connectivity index (χ1n) is 6.38. The van der Waals surface area contributed by atoms with Crippen LogP contribution in [-0.4, -0.2) is 15.7 Å². The lowest BCUT2D eigenvalue weighted by Gasteiger charge is -2.09. The van der Waals surface area contributed by atoms with Gasteiger partial charge >= 0.3 is 0 Å². The third-order valence-electron chi connectivity index (χ3n) is 3.47. The molecule has 1 aliphatic rings. The number of nitrogens with zero attached hydrogens (tertiary/aromatic N) is 2. The van der Waals surface area contributed by atoms with Gasteiger partial charge in [0.2, 0.25) is 5.28 Å². The van der Waals surface area contributed by atoms with E-state index < -0.39 is 0 Å². The summed E-state index contributed by atoms with van der Waals surface area (Å²) in [7, 11) is 0. The lowest BCUT2D eigenvalue weighted by Crippen LogP contribution is -1.98. The molecule has 1 heterocycles. The van der Waals surface area contributed by atoms with Crippen LogP contribution in [0.1, 0.15) is 25.7 Å². The SMILES string of the molecule is Clc1nc(SCC2CCCC2)c2ccccc2n1. The molecule has 3 rings (SSSR count). The third-order valence-corrected chi connectivity index (χ3v) is 4.86. The van der Waals surface area contributed by atoms with Crippen LogP contribution in [0.15, 0.2) is 29.3 Å². The zero-order valence-electron chi connectivity index (χ0n) is 10.1. The molecule has 0 N–H and O–H groups in total. The van der Waals surface area contributed by atoms with E-state index in [0.717, 1.165) is 27.6 Å². The maximum Gasteiger partial charge on any atom is 0.224 e. The van der Waals surface area contributed by atoms with E-state index in [0.29, 0.717) is 5.28 Å². The van der Waals surface area contributed by atoms with Crippen molar-refractivity contribution >= 4 is 34.3 Å². The van der Waals surface area contributed by atoms with Crippen molar-refractivity contribution in [2.75, 3.05) is 5.75 Å². The van der Waals surface area contributed by atoms with E-state index in [1.165, 1.54) is 25.7 Å². The van der Waals surface area contributed by atoms with Crippen LogP contribution in [0.3, 0.4) is 0 Å². The summed E-state index contributed by atoms with van der Waals surface area (Å²) in [4.78, 5) is 8.64. The predicted molar refractivity (Wildman–Crippen MR) is 77.2 cm³/mol. The highest BCUT2D eigenvalue weighted by Crippen LogP contribution is 2.33. The van der Waals surface area contributed by atoms with Crippen LogP contribution in [0.5, 0.6) is 0 Å². The van der Waals surface area contributed by atoms with Gasteiger partial charge in [0.15, 0.2) is 0 Å². The minimum atomic E-state index is 0.350. The fourth-order valence-corrected chi connectivity index (χ4v) is 3.94. The lowest BCUT2D eigenvalue weighted by atomic mass is 10.1. The van der Waals surface area contributed by atoms with Crippen LogP contribution in [0.25, 0.3) is 10.9 Å². The van der Waals surface area contributed by atoms with Crippen molar-refractivity contribution in [2.45, 2.75) is 30.7 Å². The molecule has 1 aromatic carbocycles. The topological polar surface area (TPSA) is 25.8 Å². The minimum absolute atomic E-state index is 0.350. The Labute approximate surface area is 116 Å². The predicted octanol–water partition coefficient (Wildman–Crippen LogP) is 4.57. The molecule has 2 aromatic rings. The molecule has 0 spiro atoms. The Hall–Kier alpha value is -0.800. The van der Waals surface area contributed by atoms with Gasteiger partial charge in [0.1, 0.15) is 5.03 Å². The molecule has 0 aliphatic heterocycles. The van der Waals surface area contributed by atoms with E-state index >= 15 is 0 Å². The van der Waals surface area contributed by atoms with E-state index in [1.54, 1.807) is 0 Å². The van der Waals surface area contributed by atoms with Crippen LogP contribution >= 0.6 is 23.4 Å². The van der Waals surface area contributed by atoms with Gasteiger partial charge in [-0.25, -0.2) is 9.97 Å². The molecule has 0 amide bonds. The van der Waals surface area contributed by atoms with Crippen molar-refractivity contribution in [1.29, 1.82) is 0 Å². The first kappa shape index (κ1) is 12.2. The van der Waals surface area contributed by atoms with Gasteiger partial charge in [0.05, 0.1) is 5.52 Å². The molecule has 0 bridgehead atoms. The van der Waals surface area contributed by atoms with Gasteiger partial charge in [-0.15, -0.1) is 11.8 Å². The van der Waals surface area contributed by atoms with Gasteiger partial charge in [-0.2, -0.15) is 0 Å². The number of halogens is 1. The smallest absolute Gasteiger partial charge is 0.218 e. The Morgan fingerprint density at radius 1 is 1.17 bits per heavy atom. The summed E-state index contributed by atoms with van der Waals surface area (Å²) in [6.45, 7) is 0. The summed E-state index contributed by atoms with van der Waals surface area (Å²) >= 11 is 7.81. The van der Waals surface area contributed by atoms with Gasteiger partial charge in [-0.1, -0.05) is 31.0 Å². The summed E-state index contributed by atoms with van der Waals surface area (Å²) in [5.74, 6) is 2.00. The number of thioether (sulfide) groups is 1. The Kier molecular flexibility index (Phi) is 3.71. The van der Waals surface area contributed by atoms with E-state index in [4.69, 9.17) is 11.6 Å². The molecule has 94 valence electrons. The molecular formula is C14H15ClN2S. The summed E-state index contributed by atoms with van der Waals surface area (Å²) in [5.41, 5.74) is 0.937. The second kappa shape index (κ2) is 5.45. The largest absolute Gasteiger partial charge is 0.224 e. The van der Waals surface area contributed by atoms with E-state index in [1.807, 2.05) is 30.0 Å². The molecule has 0 saturated heterocycles. The van der Waals surface area contributed by atoms with Gasteiger partial charge in [0, 0.05) is 11.1 Å². The summed E-state index contributed by atoms with van der Waals surface area (Å²) in [6.07, 6.45) is 5.50. The molecule has 1 aromatic heterocycles. The molecule has 1 saturated carbocycles. The van der Waals surface area contributed by atoms with Crippen molar-refractivity contribution in [2.24, 2.45) is 5.92 Å². The van der Waals surface area contributed by atoms with E-state index in [9.17, 15) is 0 Å². The number of benzene rings is 1. The summed E-state index contributed by atoms with van der Waals surface area (Å²) < 4.78 is 0. The second-order valence-electron chi connectivity index (χ2n) is 4.78. The monoisotopic (exact) mass is 278 g/mol. The molecule has 2 nitrogen and oxygen atoms in total. The Bertz CT molecular complexity index is 552.